The van der Waals surface area contributed by atoms with E-state index in [4.69, 9.17) is 27.8 Å². The Hall–Kier alpha value is -6.21. The summed E-state index contributed by atoms with van der Waals surface area (Å²) in [7, 11) is 5.39. The Morgan fingerprint density at radius 1 is 0.930 bits per heavy atom. The van der Waals surface area contributed by atoms with Crippen LogP contribution in [0.2, 0.25) is 5.02 Å². The molecule has 57 heavy (non-hydrogen) atoms. The van der Waals surface area contributed by atoms with Gasteiger partial charge in [0.1, 0.15) is 0 Å². The van der Waals surface area contributed by atoms with E-state index in [0.717, 1.165) is 23.6 Å². The second-order valence-electron chi connectivity index (χ2n) is 14.4. The summed E-state index contributed by atoms with van der Waals surface area (Å²) in [6.07, 6.45) is 0.550. The van der Waals surface area contributed by atoms with Gasteiger partial charge in [0.15, 0.2) is 23.4 Å². The second-order valence-corrected chi connectivity index (χ2v) is 14.8. The number of hydrogen-bond donors (Lipinski definition) is 3. The van der Waals surface area contributed by atoms with E-state index >= 15 is 0 Å². The number of hydrogen-bond acceptors (Lipinski definition) is 10. The van der Waals surface area contributed by atoms with Crippen molar-refractivity contribution in [3.05, 3.63) is 89.4 Å². The van der Waals surface area contributed by atoms with E-state index in [1.54, 1.807) is 21.9 Å². The molecular weight excluding hydrogens is 769 g/mol. The van der Waals surface area contributed by atoms with E-state index < -0.39 is 23.8 Å². The summed E-state index contributed by atoms with van der Waals surface area (Å²) < 4.78 is 51.0. The van der Waals surface area contributed by atoms with Crippen molar-refractivity contribution in [2.45, 2.75) is 24.7 Å². The van der Waals surface area contributed by atoms with Crippen LogP contribution in [0.4, 0.5) is 30.2 Å². The molecule has 2 aliphatic rings. The van der Waals surface area contributed by atoms with Crippen LogP contribution in [-0.2, 0) is 18.0 Å². The average Bonchev–Trinajstić information content (AvgIpc) is 3.87. The molecule has 0 radical (unpaired) electrons. The number of nitrogens with zero attached hydrogens (tertiary/aromatic N) is 9. The number of halogens is 4. The molecule has 20 heteroatoms. The number of carbonyl (C=O) groups excluding carboxylic acids is 3. The predicted octanol–water partition coefficient (Wildman–Crippen LogP) is 3.73. The molecule has 16 nitrogen and oxygen atoms in total. The van der Waals surface area contributed by atoms with Crippen molar-refractivity contribution in [2.75, 3.05) is 63.6 Å². The minimum Gasteiger partial charge on any atom is -0.467 e. The number of imidazole rings is 1. The molecule has 5 aromatic rings. The average molecular weight is 808 g/mol. The molecule has 6 heterocycles. The minimum absolute atomic E-state index is 0.0235. The van der Waals surface area contributed by atoms with Gasteiger partial charge in [0.2, 0.25) is 11.9 Å². The molecule has 0 saturated carbocycles. The normalized spacial score (nSPS) is 18.1. The number of benzene rings is 1. The molecule has 0 unspecified atom stereocenters. The number of nitrogen functional groups attached to an aromatic ring is 2. The Bertz CT molecular complexity index is 2320. The van der Waals surface area contributed by atoms with Gasteiger partial charge in [-0.2, -0.15) is 18.3 Å². The summed E-state index contributed by atoms with van der Waals surface area (Å²) in [5.74, 6) is -0.833. The number of likely N-dealkylation sites (N-methyl/N-ethyl adjacent to an activating group) is 1. The SMILES string of the molecule is Cn1c(-c2cn(-c3ccc(N)cn3)nc2C(F)(F)F)cnc1C(=O)Nc1ccc(C(=O)N2CCN(C(=O)[C@@H]3[C@@H](Oc4ccc(N)cn4)CC[N+]3(C)C)CC2)c(Cl)c1. The molecule has 2 aliphatic heterocycles. The van der Waals surface area contributed by atoms with E-state index in [-0.39, 0.29) is 70.2 Å². The van der Waals surface area contributed by atoms with E-state index in [2.05, 4.69) is 25.4 Å². The third kappa shape index (κ3) is 7.92. The number of amides is 3. The molecule has 1 aromatic carbocycles. The van der Waals surface area contributed by atoms with Crippen molar-refractivity contribution in [1.29, 1.82) is 0 Å². The highest BCUT2D eigenvalue weighted by atomic mass is 35.5. The topological polar surface area (TPSA) is 192 Å². The van der Waals surface area contributed by atoms with E-state index in [1.807, 2.05) is 14.1 Å². The first-order valence-electron chi connectivity index (χ1n) is 17.8. The van der Waals surface area contributed by atoms with Crippen LogP contribution in [-0.4, -0.2) is 120 Å². The molecule has 298 valence electrons. The van der Waals surface area contributed by atoms with Crippen LogP contribution in [0, 0.1) is 0 Å². The zero-order valence-electron chi connectivity index (χ0n) is 31.1. The maximum atomic E-state index is 14.1. The third-order valence-electron chi connectivity index (χ3n) is 10.2. The number of ether oxygens (including phenoxy) is 1. The number of nitrogens with two attached hydrogens (primary N) is 2. The number of aromatic nitrogens is 6. The quantitative estimate of drug-likeness (QED) is 0.195. The van der Waals surface area contributed by atoms with Gasteiger partial charge in [0, 0.05) is 57.6 Å². The lowest BCUT2D eigenvalue weighted by atomic mass is 10.1. The fourth-order valence-electron chi connectivity index (χ4n) is 7.14. The van der Waals surface area contributed by atoms with E-state index in [9.17, 15) is 27.6 Å². The Balaban J connectivity index is 0.993. The first-order chi connectivity index (χ1) is 27.0. The lowest BCUT2D eigenvalue weighted by Gasteiger charge is -2.39. The Kier molecular flexibility index (Phi) is 10.3. The molecule has 0 spiro atoms. The van der Waals surface area contributed by atoms with Gasteiger partial charge >= 0.3 is 6.18 Å². The van der Waals surface area contributed by atoms with Gasteiger partial charge in [0.25, 0.3) is 17.7 Å². The van der Waals surface area contributed by atoms with Crippen molar-refractivity contribution in [1.82, 2.24) is 39.1 Å². The second kappa shape index (κ2) is 15.0. The summed E-state index contributed by atoms with van der Waals surface area (Å²) in [5, 5.41) is 6.42. The fourth-order valence-corrected chi connectivity index (χ4v) is 7.40. The fraction of sp³-hybridized carbons (Fsp3) is 0.324. The van der Waals surface area contributed by atoms with Crippen LogP contribution < -0.4 is 21.5 Å². The van der Waals surface area contributed by atoms with Gasteiger partial charge in [-0.3, -0.25) is 14.4 Å². The summed E-state index contributed by atoms with van der Waals surface area (Å²) >= 11 is 6.56. The number of piperazine rings is 1. The number of anilines is 3. The number of pyridine rings is 2. The third-order valence-corrected chi connectivity index (χ3v) is 10.5. The van der Waals surface area contributed by atoms with Crippen LogP contribution in [0.5, 0.6) is 5.88 Å². The Labute approximate surface area is 329 Å². The van der Waals surface area contributed by atoms with Gasteiger partial charge in [0.05, 0.1) is 72.4 Å². The van der Waals surface area contributed by atoms with Gasteiger partial charge < -0.3 is 40.4 Å². The van der Waals surface area contributed by atoms with Gasteiger partial charge in [-0.1, -0.05) is 11.6 Å². The van der Waals surface area contributed by atoms with Crippen LogP contribution in [0.15, 0.2) is 67.3 Å². The highest BCUT2D eigenvalue weighted by molar-refractivity contribution is 6.34. The number of quaternary nitrogens is 1. The van der Waals surface area contributed by atoms with Gasteiger partial charge in [-0.15, -0.1) is 0 Å². The lowest BCUT2D eigenvalue weighted by molar-refractivity contribution is -0.894. The first kappa shape index (κ1) is 39.0. The zero-order chi connectivity index (χ0) is 40.8. The number of carbonyl (C=O) groups is 3. The highest BCUT2D eigenvalue weighted by Crippen LogP contribution is 2.37. The molecule has 4 aromatic heterocycles. The smallest absolute Gasteiger partial charge is 0.435 e. The monoisotopic (exact) mass is 807 g/mol. The predicted molar refractivity (Wildman–Crippen MR) is 203 cm³/mol. The summed E-state index contributed by atoms with van der Waals surface area (Å²) in [5.41, 5.74) is 11.1. The van der Waals surface area contributed by atoms with Gasteiger partial charge in [-0.25, -0.2) is 19.6 Å². The summed E-state index contributed by atoms with van der Waals surface area (Å²) in [6, 6.07) is 10.2. The standard InChI is InChI=1S/C37H38ClF3N12O4/c1-49-27(25-20-52(48-32(25)37(39,40)41)29-8-4-21(42)17-44-29)19-46-33(49)34(54)47-23-6-7-24(26(38)16-23)35(55)50-11-13-51(14-12-50)36(56)31-28(10-15-53(31,2)3)57-30-9-5-22(43)18-45-30/h4-9,16-20,28,31H,10-15,42-43H2,1-3H3/p+1/t28-,31-/m0/s1. The largest absolute Gasteiger partial charge is 0.467 e. The number of likely N-dealkylation sites (tertiary alicyclic amines) is 1. The molecule has 2 atom stereocenters. The van der Waals surface area contributed by atoms with E-state index in [1.165, 1.54) is 54.3 Å². The van der Waals surface area contributed by atoms with Crippen molar-refractivity contribution >= 4 is 46.4 Å². The number of alkyl halides is 3. The highest BCUT2D eigenvalue weighted by Gasteiger charge is 2.51. The number of rotatable bonds is 8. The molecule has 5 N–H and O–H groups in total. The molecule has 2 saturated heterocycles. The molecular formula is C37H39ClF3N12O4+. The van der Waals surface area contributed by atoms with Gasteiger partial charge in [-0.05, 0) is 36.4 Å². The first-order valence-corrected chi connectivity index (χ1v) is 18.2. The Morgan fingerprint density at radius 3 is 2.25 bits per heavy atom. The molecule has 3 amide bonds. The van der Waals surface area contributed by atoms with Crippen LogP contribution in [0.1, 0.15) is 33.1 Å². The van der Waals surface area contributed by atoms with Crippen LogP contribution >= 0.6 is 11.6 Å². The zero-order valence-corrected chi connectivity index (χ0v) is 31.8. The van der Waals surface area contributed by atoms with Crippen molar-refractivity contribution in [2.24, 2.45) is 7.05 Å². The molecule has 2 fully saturated rings. The van der Waals surface area contributed by atoms with Crippen molar-refractivity contribution < 1.29 is 36.8 Å². The van der Waals surface area contributed by atoms with Crippen molar-refractivity contribution in [3.8, 4) is 23.0 Å². The summed E-state index contributed by atoms with van der Waals surface area (Å²) in [4.78, 5) is 56.5. The van der Waals surface area contributed by atoms with Crippen LogP contribution in [0.3, 0.4) is 0 Å². The van der Waals surface area contributed by atoms with E-state index in [0.29, 0.717) is 41.2 Å². The minimum atomic E-state index is -4.83. The Morgan fingerprint density at radius 2 is 1.61 bits per heavy atom. The van der Waals surface area contributed by atoms with Crippen molar-refractivity contribution in [3.63, 3.8) is 0 Å². The molecule has 7 rings (SSSR count). The maximum Gasteiger partial charge on any atom is 0.435 e. The van der Waals surface area contributed by atoms with Crippen LogP contribution in [0.25, 0.3) is 17.1 Å². The maximum absolute atomic E-state index is 14.1. The summed E-state index contributed by atoms with van der Waals surface area (Å²) in [6.45, 7) is 1.92. The number of nitrogens with one attached hydrogen (secondary N) is 1. The lowest BCUT2D eigenvalue weighted by Crippen LogP contribution is -2.61. The molecule has 0 aliphatic carbocycles. The molecule has 0 bridgehead atoms.